The van der Waals surface area contributed by atoms with Crippen molar-refractivity contribution in [1.82, 2.24) is 15.1 Å². The summed E-state index contributed by atoms with van der Waals surface area (Å²) in [6.07, 6.45) is 6.74. The normalized spacial score (nSPS) is 28.7. The van der Waals surface area contributed by atoms with Gasteiger partial charge in [-0.15, -0.1) is 0 Å². The van der Waals surface area contributed by atoms with Crippen LogP contribution in [0.4, 0.5) is 5.69 Å². The number of aromatic nitrogens is 2. The average Bonchev–Trinajstić information content (AvgIpc) is 3.00. The Morgan fingerprint density at radius 3 is 2.95 bits per heavy atom. The van der Waals surface area contributed by atoms with E-state index in [1.165, 1.54) is 25.7 Å². The molecule has 2 saturated heterocycles. The van der Waals surface area contributed by atoms with Crippen LogP contribution in [-0.2, 0) is 6.54 Å². The first-order valence-electron chi connectivity index (χ1n) is 7.97. The van der Waals surface area contributed by atoms with E-state index in [2.05, 4.69) is 31.2 Å². The quantitative estimate of drug-likeness (QED) is 0.897. The molecule has 3 aliphatic rings. The van der Waals surface area contributed by atoms with Crippen LogP contribution in [0.1, 0.15) is 25.7 Å². The lowest BCUT2D eigenvalue weighted by atomic mass is 9.85. The summed E-state index contributed by atoms with van der Waals surface area (Å²) in [4.78, 5) is 15.2. The molecule has 3 fully saturated rings. The number of rotatable bonds is 3. The number of anilines is 1. The van der Waals surface area contributed by atoms with E-state index < -0.39 is 0 Å². The highest BCUT2D eigenvalue weighted by Gasteiger charge is 2.39. The van der Waals surface area contributed by atoms with Gasteiger partial charge < -0.3 is 10.2 Å². The van der Waals surface area contributed by atoms with Crippen LogP contribution in [0.25, 0.3) is 0 Å². The molecule has 2 aliphatic heterocycles. The Balaban J connectivity index is 1.67. The van der Waals surface area contributed by atoms with Crippen molar-refractivity contribution in [2.75, 3.05) is 24.5 Å². The predicted molar refractivity (Wildman–Crippen MR) is 85.6 cm³/mol. The fraction of sp³-hybridized carbons (Fsp3) is 0.733. The maximum absolute atomic E-state index is 12.8. The number of fused-ring (bicyclic) bond motifs is 1. The van der Waals surface area contributed by atoms with Crippen molar-refractivity contribution in [3.8, 4) is 0 Å². The molecule has 21 heavy (non-hydrogen) atoms. The van der Waals surface area contributed by atoms with Crippen molar-refractivity contribution < 1.29 is 0 Å². The van der Waals surface area contributed by atoms with Gasteiger partial charge >= 0.3 is 0 Å². The van der Waals surface area contributed by atoms with Crippen molar-refractivity contribution >= 4 is 21.6 Å². The number of halogens is 1. The Morgan fingerprint density at radius 2 is 2.19 bits per heavy atom. The molecule has 0 unspecified atom stereocenters. The fourth-order valence-corrected chi connectivity index (χ4v) is 4.38. The lowest BCUT2D eigenvalue weighted by Crippen LogP contribution is -2.40. The van der Waals surface area contributed by atoms with Crippen molar-refractivity contribution in [3.05, 3.63) is 21.0 Å². The maximum atomic E-state index is 12.8. The summed E-state index contributed by atoms with van der Waals surface area (Å²) in [6.45, 7) is 3.83. The van der Waals surface area contributed by atoms with Gasteiger partial charge in [0.25, 0.3) is 5.56 Å². The first kappa shape index (κ1) is 13.8. The van der Waals surface area contributed by atoms with E-state index in [-0.39, 0.29) is 5.56 Å². The molecular formula is C15H21BrN4O. The summed E-state index contributed by atoms with van der Waals surface area (Å²) in [5, 5.41) is 7.78. The van der Waals surface area contributed by atoms with E-state index in [0.29, 0.717) is 17.9 Å². The van der Waals surface area contributed by atoms with E-state index in [9.17, 15) is 4.79 Å². The summed E-state index contributed by atoms with van der Waals surface area (Å²) in [5.74, 6) is 1.33. The second-order valence-electron chi connectivity index (χ2n) is 6.59. The molecule has 4 rings (SSSR count). The lowest BCUT2D eigenvalue weighted by molar-refractivity contribution is 0.261. The van der Waals surface area contributed by atoms with Crippen molar-refractivity contribution in [1.29, 1.82) is 0 Å². The molecule has 6 heteroatoms. The molecule has 1 saturated carbocycles. The highest BCUT2D eigenvalue weighted by atomic mass is 79.9. The van der Waals surface area contributed by atoms with E-state index >= 15 is 0 Å². The van der Waals surface area contributed by atoms with Crippen LogP contribution in [0.15, 0.2) is 15.5 Å². The summed E-state index contributed by atoms with van der Waals surface area (Å²) >= 11 is 3.55. The smallest absolute Gasteiger partial charge is 0.291 e. The van der Waals surface area contributed by atoms with E-state index in [4.69, 9.17) is 0 Å². The highest BCUT2D eigenvalue weighted by molar-refractivity contribution is 9.10. The number of nitrogens with one attached hydrogen (secondary N) is 1. The molecule has 1 aromatic heterocycles. The Kier molecular flexibility index (Phi) is 3.53. The summed E-state index contributed by atoms with van der Waals surface area (Å²) in [7, 11) is 0. The zero-order valence-corrected chi connectivity index (χ0v) is 13.7. The Labute approximate surface area is 132 Å². The van der Waals surface area contributed by atoms with Crippen LogP contribution in [-0.4, -0.2) is 35.5 Å². The van der Waals surface area contributed by atoms with Gasteiger partial charge in [0.2, 0.25) is 0 Å². The van der Waals surface area contributed by atoms with Crippen LogP contribution in [0.2, 0.25) is 0 Å². The molecule has 1 aromatic rings. The van der Waals surface area contributed by atoms with Crippen molar-refractivity contribution in [2.45, 2.75) is 38.3 Å². The largest absolute Gasteiger partial charge is 0.361 e. The van der Waals surface area contributed by atoms with Crippen LogP contribution in [0.5, 0.6) is 0 Å². The van der Waals surface area contributed by atoms with Gasteiger partial charge in [-0.25, -0.2) is 4.68 Å². The monoisotopic (exact) mass is 352 g/mol. The molecule has 0 aromatic carbocycles. The number of hydrogen-bond donors (Lipinski definition) is 1. The average molecular weight is 353 g/mol. The van der Waals surface area contributed by atoms with Crippen LogP contribution in [0, 0.1) is 11.8 Å². The van der Waals surface area contributed by atoms with Gasteiger partial charge in [0, 0.05) is 32.2 Å². The fourth-order valence-electron chi connectivity index (χ4n) is 3.90. The Bertz CT molecular complexity index is 598. The molecule has 2 atom stereocenters. The molecule has 3 heterocycles. The van der Waals surface area contributed by atoms with E-state index in [0.717, 1.165) is 36.3 Å². The number of hydrogen-bond acceptors (Lipinski definition) is 4. The minimum absolute atomic E-state index is 0.0730. The molecule has 0 spiro atoms. The van der Waals surface area contributed by atoms with Gasteiger partial charge in [-0.05, 0) is 47.0 Å². The molecule has 1 aliphatic carbocycles. The van der Waals surface area contributed by atoms with Crippen LogP contribution < -0.4 is 15.8 Å². The summed E-state index contributed by atoms with van der Waals surface area (Å²) < 4.78 is 2.52. The van der Waals surface area contributed by atoms with E-state index in [1.54, 1.807) is 10.9 Å². The maximum Gasteiger partial charge on any atom is 0.291 e. The van der Waals surface area contributed by atoms with Gasteiger partial charge in [-0.2, -0.15) is 5.10 Å². The second-order valence-corrected chi connectivity index (χ2v) is 7.45. The zero-order chi connectivity index (χ0) is 14.4. The first-order valence-corrected chi connectivity index (χ1v) is 8.76. The number of nitrogens with zero attached hydrogens (tertiary/aromatic N) is 3. The third-order valence-corrected chi connectivity index (χ3v) is 5.94. The lowest BCUT2D eigenvalue weighted by Gasteiger charge is -2.28. The Morgan fingerprint density at radius 1 is 1.33 bits per heavy atom. The van der Waals surface area contributed by atoms with Gasteiger partial charge in [0.1, 0.15) is 5.69 Å². The molecule has 0 amide bonds. The van der Waals surface area contributed by atoms with Crippen molar-refractivity contribution in [2.24, 2.45) is 11.8 Å². The SMILES string of the molecule is O=c1c(N2CC[C@H]3CNC[C@H]32)c(Br)cnn1CC1CCC1. The second kappa shape index (κ2) is 5.39. The van der Waals surface area contributed by atoms with Crippen LogP contribution >= 0.6 is 15.9 Å². The zero-order valence-electron chi connectivity index (χ0n) is 12.1. The van der Waals surface area contributed by atoms with Crippen LogP contribution in [0.3, 0.4) is 0 Å². The molecule has 5 nitrogen and oxygen atoms in total. The topological polar surface area (TPSA) is 50.2 Å². The van der Waals surface area contributed by atoms with Gasteiger partial charge in [-0.1, -0.05) is 6.42 Å². The van der Waals surface area contributed by atoms with Gasteiger partial charge in [-0.3, -0.25) is 4.79 Å². The molecular weight excluding hydrogens is 332 g/mol. The minimum atomic E-state index is 0.0730. The van der Waals surface area contributed by atoms with Gasteiger partial charge in [0.05, 0.1) is 10.7 Å². The minimum Gasteiger partial charge on any atom is -0.361 e. The highest BCUT2D eigenvalue weighted by Crippen LogP contribution is 2.34. The first-order chi connectivity index (χ1) is 10.2. The third-order valence-electron chi connectivity index (χ3n) is 5.36. The molecule has 114 valence electrons. The molecule has 0 radical (unpaired) electrons. The standard InChI is InChI=1S/C15H21BrN4O/c16-12-7-18-20(9-10-2-1-3-10)15(21)14(12)19-5-4-11-6-17-8-13(11)19/h7,10-11,13,17H,1-6,8-9H2/t11-,13+/m0/s1. The van der Waals surface area contributed by atoms with Crippen molar-refractivity contribution in [3.63, 3.8) is 0 Å². The van der Waals surface area contributed by atoms with Gasteiger partial charge in [0.15, 0.2) is 0 Å². The van der Waals surface area contributed by atoms with E-state index in [1.807, 2.05) is 0 Å². The predicted octanol–water partition coefficient (Wildman–Crippen LogP) is 1.60. The Hall–Kier alpha value is -0.880. The molecule has 1 N–H and O–H groups in total. The summed E-state index contributed by atoms with van der Waals surface area (Å²) in [6, 6.07) is 0.466. The molecule has 0 bridgehead atoms. The third kappa shape index (κ3) is 2.32. The summed E-state index contributed by atoms with van der Waals surface area (Å²) in [5.41, 5.74) is 0.893.